The lowest BCUT2D eigenvalue weighted by Crippen LogP contribution is -2.43. The van der Waals surface area contributed by atoms with E-state index in [2.05, 4.69) is 22.4 Å². The van der Waals surface area contributed by atoms with Gasteiger partial charge in [-0.25, -0.2) is 0 Å². The minimum absolute atomic E-state index is 0.00897. The van der Waals surface area contributed by atoms with Crippen LogP contribution in [0.2, 0.25) is 0 Å². The van der Waals surface area contributed by atoms with Crippen LogP contribution in [0.25, 0.3) is 0 Å². The summed E-state index contributed by atoms with van der Waals surface area (Å²) in [5.41, 5.74) is 1.27. The summed E-state index contributed by atoms with van der Waals surface area (Å²) in [5.74, 6) is -0.0527. The van der Waals surface area contributed by atoms with Gasteiger partial charge in [-0.1, -0.05) is 18.2 Å². The second kappa shape index (κ2) is 8.64. The normalized spacial score (nSPS) is 15.8. The number of nitrogens with one attached hydrogen (secondary N) is 1. The van der Waals surface area contributed by atoms with Crippen LogP contribution in [0.4, 0.5) is 5.69 Å². The summed E-state index contributed by atoms with van der Waals surface area (Å²) < 4.78 is 0. The van der Waals surface area contributed by atoms with Crippen LogP contribution >= 0.6 is 0 Å². The minimum atomic E-state index is -0.197. The van der Waals surface area contributed by atoms with Crippen molar-refractivity contribution in [3.8, 4) is 0 Å². The first-order chi connectivity index (χ1) is 11.6. The van der Waals surface area contributed by atoms with Crippen LogP contribution in [-0.2, 0) is 4.79 Å². The molecule has 24 heavy (non-hydrogen) atoms. The smallest absolute Gasteiger partial charge is 0.253 e. The minimum Gasteiger partial charge on any atom is -0.339 e. The second-order valence-corrected chi connectivity index (χ2v) is 5.98. The summed E-state index contributed by atoms with van der Waals surface area (Å²) in [6.07, 6.45) is 5.21. The fourth-order valence-corrected chi connectivity index (χ4v) is 2.85. The molecule has 0 aliphatic carbocycles. The van der Waals surface area contributed by atoms with Gasteiger partial charge in [0.2, 0.25) is 5.91 Å². The zero-order valence-corrected chi connectivity index (χ0v) is 14.8. The van der Waals surface area contributed by atoms with Crippen LogP contribution in [-0.4, -0.2) is 53.8 Å². The second-order valence-electron chi connectivity index (χ2n) is 5.98. The van der Waals surface area contributed by atoms with E-state index in [1.807, 2.05) is 26.8 Å². The molecule has 1 aliphatic heterocycles. The maximum Gasteiger partial charge on any atom is 0.253 e. The van der Waals surface area contributed by atoms with E-state index in [1.165, 1.54) is 0 Å². The molecule has 1 aromatic carbocycles. The molecule has 0 bridgehead atoms. The van der Waals surface area contributed by atoms with E-state index in [-0.39, 0.29) is 17.9 Å². The molecule has 2 rings (SSSR count). The summed E-state index contributed by atoms with van der Waals surface area (Å²) in [4.78, 5) is 28.8. The molecule has 2 amide bonds. The van der Waals surface area contributed by atoms with E-state index in [1.54, 1.807) is 23.1 Å². The van der Waals surface area contributed by atoms with E-state index < -0.39 is 0 Å². The van der Waals surface area contributed by atoms with Crippen LogP contribution in [0, 0.1) is 0 Å². The van der Waals surface area contributed by atoms with Crippen molar-refractivity contribution in [2.75, 3.05) is 31.5 Å². The predicted octanol–water partition coefficient (Wildman–Crippen LogP) is 2.76. The monoisotopic (exact) mass is 329 g/mol. The topological polar surface area (TPSA) is 52.7 Å². The first-order valence-electron chi connectivity index (χ1n) is 8.66. The molecule has 5 nitrogen and oxygen atoms in total. The van der Waals surface area contributed by atoms with Gasteiger partial charge in [-0.3, -0.25) is 14.5 Å². The predicted molar refractivity (Wildman–Crippen MR) is 97.1 cm³/mol. The number of amides is 2. The van der Waals surface area contributed by atoms with Crippen LogP contribution in [0.15, 0.2) is 36.4 Å². The Kier molecular flexibility index (Phi) is 6.55. The van der Waals surface area contributed by atoms with E-state index in [0.717, 1.165) is 19.5 Å². The van der Waals surface area contributed by atoms with Crippen LogP contribution in [0.3, 0.4) is 0 Å². The Morgan fingerprint density at radius 1 is 1.25 bits per heavy atom. The third-order valence-corrected chi connectivity index (χ3v) is 4.44. The van der Waals surface area contributed by atoms with Crippen LogP contribution in [0.1, 0.15) is 37.6 Å². The molecule has 1 heterocycles. The highest BCUT2D eigenvalue weighted by Gasteiger charge is 2.21. The Hall–Kier alpha value is -2.14. The average molecular weight is 329 g/mol. The molecule has 0 aromatic heterocycles. The van der Waals surface area contributed by atoms with Gasteiger partial charge in [-0.15, -0.1) is 0 Å². The van der Waals surface area contributed by atoms with Gasteiger partial charge in [0, 0.05) is 37.4 Å². The number of rotatable bonds is 6. The van der Waals surface area contributed by atoms with Gasteiger partial charge in [0.25, 0.3) is 5.91 Å². The highest BCUT2D eigenvalue weighted by Crippen LogP contribution is 2.15. The molecule has 130 valence electrons. The van der Waals surface area contributed by atoms with E-state index in [4.69, 9.17) is 0 Å². The molecule has 1 atom stereocenters. The van der Waals surface area contributed by atoms with Crippen molar-refractivity contribution >= 4 is 17.5 Å². The van der Waals surface area contributed by atoms with Crippen molar-refractivity contribution in [3.63, 3.8) is 0 Å². The van der Waals surface area contributed by atoms with Gasteiger partial charge in [0.15, 0.2) is 0 Å². The molecule has 0 fully saturated rings. The molecule has 1 N–H and O–H groups in total. The first-order valence-corrected chi connectivity index (χ1v) is 8.66. The van der Waals surface area contributed by atoms with Gasteiger partial charge in [-0.2, -0.15) is 0 Å². The Bertz CT molecular complexity index is 608. The first kappa shape index (κ1) is 18.2. The number of carbonyl (C=O) groups excluding carboxylic acids is 2. The lowest BCUT2D eigenvalue weighted by molar-refractivity contribution is -0.120. The standard InChI is InChI=1S/C19H27N3O2/c1-4-21(5-2)19(24)16-10-9-11-17(14-16)20-18(23)15(3)22-12-7-6-8-13-22/h6-7,9-11,14-15H,4-5,8,12-13H2,1-3H3,(H,20,23). The number of carbonyl (C=O) groups is 2. The van der Waals surface area contributed by atoms with E-state index in [9.17, 15) is 9.59 Å². The van der Waals surface area contributed by atoms with Gasteiger partial charge < -0.3 is 10.2 Å². The maximum atomic E-state index is 12.5. The zero-order valence-electron chi connectivity index (χ0n) is 14.8. The third-order valence-electron chi connectivity index (χ3n) is 4.44. The fourth-order valence-electron chi connectivity index (χ4n) is 2.85. The molecule has 1 aromatic rings. The largest absolute Gasteiger partial charge is 0.339 e. The quantitative estimate of drug-likeness (QED) is 0.817. The van der Waals surface area contributed by atoms with Gasteiger partial charge >= 0.3 is 0 Å². The maximum absolute atomic E-state index is 12.5. The highest BCUT2D eigenvalue weighted by molar-refractivity contribution is 5.98. The van der Waals surface area contributed by atoms with Crippen molar-refractivity contribution in [2.24, 2.45) is 0 Å². The summed E-state index contributed by atoms with van der Waals surface area (Å²) in [6.45, 7) is 8.88. The van der Waals surface area contributed by atoms with Crippen molar-refractivity contribution in [2.45, 2.75) is 33.2 Å². The summed E-state index contributed by atoms with van der Waals surface area (Å²) in [7, 11) is 0. The summed E-state index contributed by atoms with van der Waals surface area (Å²) >= 11 is 0. The molecule has 5 heteroatoms. The van der Waals surface area contributed by atoms with Crippen molar-refractivity contribution in [1.82, 2.24) is 9.80 Å². The highest BCUT2D eigenvalue weighted by atomic mass is 16.2. The number of anilines is 1. The molecule has 1 aliphatic rings. The number of nitrogens with zero attached hydrogens (tertiary/aromatic N) is 2. The average Bonchev–Trinajstić information content (AvgIpc) is 2.63. The molecule has 0 radical (unpaired) electrons. The van der Waals surface area contributed by atoms with Gasteiger partial charge in [-0.05, 0) is 45.4 Å². The molecular formula is C19H27N3O2. The SMILES string of the molecule is CCN(CC)C(=O)c1cccc(NC(=O)C(C)N2CC=CCC2)c1. The van der Waals surface area contributed by atoms with Crippen molar-refractivity contribution in [1.29, 1.82) is 0 Å². The molecule has 1 unspecified atom stereocenters. The molecular weight excluding hydrogens is 302 g/mol. The molecule has 0 spiro atoms. The van der Waals surface area contributed by atoms with Gasteiger partial charge in [0.1, 0.15) is 0 Å². The summed E-state index contributed by atoms with van der Waals surface area (Å²) in [6, 6.07) is 6.97. The van der Waals surface area contributed by atoms with Crippen LogP contribution < -0.4 is 5.32 Å². The van der Waals surface area contributed by atoms with Gasteiger partial charge in [0.05, 0.1) is 6.04 Å². The number of hydrogen-bond donors (Lipinski definition) is 1. The fraction of sp³-hybridized carbons (Fsp3) is 0.474. The third kappa shape index (κ3) is 4.45. The number of hydrogen-bond acceptors (Lipinski definition) is 3. The van der Waals surface area contributed by atoms with E-state index >= 15 is 0 Å². The van der Waals surface area contributed by atoms with Crippen molar-refractivity contribution < 1.29 is 9.59 Å². The zero-order chi connectivity index (χ0) is 17.5. The lowest BCUT2D eigenvalue weighted by atomic mass is 10.1. The molecule has 0 saturated heterocycles. The summed E-state index contributed by atoms with van der Waals surface area (Å²) in [5, 5.41) is 2.93. The van der Waals surface area contributed by atoms with Crippen LogP contribution in [0.5, 0.6) is 0 Å². The molecule has 0 saturated carbocycles. The van der Waals surface area contributed by atoms with E-state index in [0.29, 0.717) is 24.3 Å². The Morgan fingerprint density at radius 2 is 2.00 bits per heavy atom. The Morgan fingerprint density at radius 3 is 2.62 bits per heavy atom. The number of benzene rings is 1. The Labute approximate surface area is 144 Å². The lowest BCUT2D eigenvalue weighted by Gasteiger charge is -2.28. The van der Waals surface area contributed by atoms with Crippen molar-refractivity contribution in [3.05, 3.63) is 42.0 Å². The Balaban J connectivity index is 2.04.